The first-order valence-corrected chi connectivity index (χ1v) is 4.82. The van der Waals surface area contributed by atoms with Crippen molar-refractivity contribution < 1.29 is 4.74 Å². The Kier molecular flexibility index (Phi) is 2.09. The molecule has 1 aliphatic heterocycles. The average molecular weight is 167 g/mol. The Morgan fingerprint density at radius 2 is 2.17 bits per heavy atom. The largest absolute Gasteiger partial charge is 0.492 e. The molecule has 2 nitrogen and oxygen atoms in total. The second-order valence-electron chi connectivity index (χ2n) is 3.96. The number of nitrogens with zero attached hydrogens (tertiary/aromatic N) is 1. The first-order valence-electron chi connectivity index (χ1n) is 4.82. The van der Waals surface area contributed by atoms with Gasteiger partial charge in [-0.25, -0.2) is 0 Å². The third kappa shape index (κ3) is 1.36. The van der Waals surface area contributed by atoms with Gasteiger partial charge in [-0.1, -0.05) is 13.0 Å². The lowest BCUT2D eigenvalue weighted by Crippen LogP contribution is -2.49. The fourth-order valence-electron chi connectivity index (χ4n) is 2.37. The van der Waals surface area contributed by atoms with E-state index in [1.165, 1.54) is 25.7 Å². The maximum atomic E-state index is 5.72. The zero-order valence-corrected chi connectivity index (χ0v) is 7.75. The third-order valence-corrected chi connectivity index (χ3v) is 2.98. The topological polar surface area (TPSA) is 12.5 Å². The highest BCUT2D eigenvalue weighted by molar-refractivity contribution is 4.98. The van der Waals surface area contributed by atoms with E-state index >= 15 is 0 Å². The monoisotopic (exact) mass is 167 g/mol. The summed E-state index contributed by atoms with van der Waals surface area (Å²) in [7, 11) is 2.18. The van der Waals surface area contributed by atoms with Crippen molar-refractivity contribution in [2.45, 2.75) is 37.8 Å². The Morgan fingerprint density at radius 1 is 1.42 bits per heavy atom. The van der Waals surface area contributed by atoms with Crippen LogP contribution in [0.5, 0.6) is 0 Å². The molecule has 2 heteroatoms. The summed E-state index contributed by atoms with van der Waals surface area (Å²) in [6.45, 7) is 4.81. The molecule has 12 heavy (non-hydrogen) atoms. The Balaban J connectivity index is 2.06. The first kappa shape index (κ1) is 8.11. The van der Waals surface area contributed by atoms with Gasteiger partial charge in [-0.05, 0) is 26.3 Å². The molecule has 0 N–H and O–H groups in total. The van der Waals surface area contributed by atoms with Gasteiger partial charge >= 0.3 is 0 Å². The summed E-state index contributed by atoms with van der Waals surface area (Å²) in [6, 6.07) is 0.657. The van der Waals surface area contributed by atoms with Gasteiger partial charge in [0.15, 0.2) is 0 Å². The molecular formula is C10H17NO. The van der Waals surface area contributed by atoms with E-state index in [1.54, 1.807) is 0 Å². The predicted octanol–water partition coefficient (Wildman–Crippen LogP) is 1.77. The average Bonchev–Trinajstić information content (AvgIpc) is 2.04. The van der Waals surface area contributed by atoms with Gasteiger partial charge in [0.2, 0.25) is 0 Å². The van der Waals surface area contributed by atoms with Gasteiger partial charge < -0.3 is 4.74 Å². The lowest BCUT2D eigenvalue weighted by molar-refractivity contribution is -0.0370. The van der Waals surface area contributed by atoms with E-state index < -0.39 is 0 Å². The predicted molar refractivity (Wildman–Crippen MR) is 48.9 cm³/mol. The molecule has 2 rings (SSSR count). The second kappa shape index (κ2) is 3.09. The molecule has 1 saturated heterocycles. The summed E-state index contributed by atoms with van der Waals surface area (Å²) in [5.74, 6) is 0.945. The van der Waals surface area contributed by atoms with Crippen LogP contribution >= 0.6 is 0 Å². The van der Waals surface area contributed by atoms with Crippen LogP contribution < -0.4 is 0 Å². The Labute approximate surface area is 74.2 Å². The van der Waals surface area contributed by atoms with Crippen molar-refractivity contribution in [3.05, 3.63) is 12.3 Å². The van der Waals surface area contributed by atoms with Crippen molar-refractivity contribution in [3.63, 3.8) is 0 Å². The van der Waals surface area contributed by atoms with Crippen molar-refractivity contribution in [1.29, 1.82) is 0 Å². The number of likely N-dealkylation sites (N-methyl/N-ethyl adjacent to an activating group) is 1. The maximum absolute atomic E-state index is 5.72. The van der Waals surface area contributed by atoms with Crippen LogP contribution in [-0.2, 0) is 4.74 Å². The summed E-state index contributed by atoms with van der Waals surface area (Å²) in [6.07, 6.45) is 5.64. The third-order valence-electron chi connectivity index (χ3n) is 2.98. The normalized spacial score (nSPS) is 37.2. The molecule has 2 aliphatic rings. The number of ether oxygens (including phenoxy) is 1. The van der Waals surface area contributed by atoms with Crippen LogP contribution in [0.15, 0.2) is 12.3 Å². The molecule has 2 fully saturated rings. The number of rotatable bonds is 0. The Morgan fingerprint density at radius 3 is 3.00 bits per heavy atom. The van der Waals surface area contributed by atoms with E-state index in [0.29, 0.717) is 12.1 Å². The Bertz CT molecular complexity index is 190. The molecule has 0 spiro atoms. The maximum Gasteiger partial charge on any atom is 0.114 e. The van der Waals surface area contributed by atoms with E-state index in [-0.39, 0.29) is 0 Å². The van der Waals surface area contributed by atoms with Crippen LogP contribution in [0.3, 0.4) is 0 Å². The molecule has 1 aliphatic carbocycles. The number of hydrogen-bond donors (Lipinski definition) is 0. The van der Waals surface area contributed by atoms with E-state index in [9.17, 15) is 0 Å². The molecule has 0 radical (unpaired) electrons. The van der Waals surface area contributed by atoms with Gasteiger partial charge in [-0.15, -0.1) is 0 Å². The minimum Gasteiger partial charge on any atom is -0.492 e. The van der Waals surface area contributed by atoms with Gasteiger partial charge in [-0.3, -0.25) is 4.90 Å². The first-order chi connectivity index (χ1) is 5.77. The molecule has 0 aromatic carbocycles. The molecule has 0 aromatic heterocycles. The minimum atomic E-state index is 0.435. The highest BCUT2D eigenvalue weighted by Gasteiger charge is 2.33. The van der Waals surface area contributed by atoms with Crippen LogP contribution in [0.2, 0.25) is 0 Å². The molecule has 68 valence electrons. The molecule has 0 aromatic rings. The highest BCUT2D eigenvalue weighted by atomic mass is 16.5. The number of hydrogen-bond acceptors (Lipinski definition) is 2. The van der Waals surface area contributed by atoms with Crippen LogP contribution in [0, 0.1) is 0 Å². The van der Waals surface area contributed by atoms with Crippen molar-refractivity contribution in [1.82, 2.24) is 4.90 Å². The molecule has 2 atom stereocenters. The Hall–Kier alpha value is -0.500. The smallest absolute Gasteiger partial charge is 0.114 e. The lowest BCUT2D eigenvalue weighted by Gasteiger charge is -2.42. The van der Waals surface area contributed by atoms with E-state index in [1.807, 2.05) is 0 Å². The molecule has 0 unspecified atom stereocenters. The number of fused-ring (bicyclic) bond motifs is 1. The van der Waals surface area contributed by atoms with Crippen molar-refractivity contribution in [2.75, 3.05) is 13.6 Å². The van der Waals surface area contributed by atoms with Crippen molar-refractivity contribution in [3.8, 4) is 0 Å². The van der Waals surface area contributed by atoms with Crippen LogP contribution in [0.1, 0.15) is 25.7 Å². The van der Waals surface area contributed by atoms with Gasteiger partial charge in [-0.2, -0.15) is 0 Å². The van der Waals surface area contributed by atoms with Crippen LogP contribution in [0.25, 0.3) is 0 Å². The van der Waals surface area contributed by atoms with Gasteiger partial charge in [0.05, 0.1) is 6.54 Å². The zero-order valence-electron chi connectivity index (χ0n) is 7.75. The lowest BCUT2D eigenvalue weighted by atomic mass is 9.90. The standard InChI is InChI=1S/C10H17NO/c1-8-7-11(2)9-5-3-4-6-10(9)12-8/h9-10H,1,3-7H2,2H3/t9-,10-/m0/s1. The fraction of sp³-hybridized carbons (Fsp3) is 0.800. The van der Waals surface area contributed by atoms with E-state index in [4.69, 9.17) is 4.74 Å². The van der Waals surface area contributed by atoms with E-state index in [0.717, 1.165) is 12.3 Å². The second-order valence-corrected chi connectivity index (χ2v) is 3.96. The summed E-state index contributed by atoms with van der Waals surface area (Å²) in [5.41, 5.74) is 0. The summed E-state index contributed by atoms with van der Waals surface area (Å²) in [4.78, 5) is 2.38. The molecular weight excluding hydrogens is 150 g/mol. The summed E-state index contributed by atoms with van der Waals surface area (Å²) >= 11 is 0. The molecule has 1 saturated carbocycles. The molecule has 0 bridgehead atoms. The SMILES string of the molecule is C=C1CN(C)[C@H]2CCCC[C@@H]2O1. The van der Waals surface area contributed by atoms with Crippen molar-refractivity contribution in [2.24, 2.45) is 0 Å². The van der Waals surface area contributed by atoms with Crippen LogP contribution in [0.4, 0.5) is 0 Å². The number of morpholine rings is 1. The summed E-state index contributed by atoms with van der Waals surface area (Å²) in [5, 5.41) is 0. The summed E-state index contributed by atoms with van der Waals surface area (Å²) < 4.78 is 5.72. The van der Waals surface area contributed by atoms with Gasteiger partial charge in [0.25, 0.3) is 0 Å². The fourth-order valence-corrected chi connectivity index (χ4v) is 2.37. The van der Waals surface area contributed by atoms with E-state index in [2.05, 4.69) is 18.5 Å². The van der Waals surface area contributed by atoms with Gasteiger partial charge in [0.1, 0.15) is 11.9 Å². The quantitative estimate of drug-likeness (QED) is 0.545. The molecule has 0 amide bonds. The molecule has 1 heterocycles. The van der Waals surface area contributed by atoms with Crippen molar-refractivity contribution >= 4 is 0 Å². The van der Waals surface area contributed by atoms with Crippen LogP contribution in [-0.4, -0.2) is 30.6 Å². The zero-order chi connectivity index (χ0) is 8.55. The highest BCUT2D eigenvalue weighted by Crippen LogP contribution is 2.29. The van der Waals surface area contributed by atoms with Gasteiger partial charge in [0, 0.05) is 6.04 Å². The minimum absolute atomic E-state index is 0.435.